The molecule has 1 unspecified atom stereocenters. The molecule has 0 fully saturated rings. The summed E-state index contributed by atoms with van der Waals surface area (Å²) in [5, 5.41) is 1.36. The van der Waals surface area contributed by atoms with Crippen LogP contribution in [-0.2, 0) is 5.54 Å². The van der Waals surface area contributed by atoms with Crippen LogP contribution in [0.4, 0.5) is 0 Å². The molecule has 0 amide bonds. The molecule has 0 aliphatic carbocycles. The van der Waals surface area contributed by atoms with Gasteiger partial charge in [-0.3, -0.25) is 4.99 Å². The summed E-state index contributed by atoms with van der Waals surface area (Å²) in [6.07, 6.45) is 11.4. The molecule has 0 saturated carbocycles. The number of hydrogen-bond donors (Lipinski definition) is 0. The quantitative estimate of drug-likeness (QED) is 0.330. The highest BCUT2D eigenvalue weighted by molar-refractivity contribution is 14.2. The van der Waals surface area contributed by atoms with E-state index in [1.165, 1.54) is 50.0 Å². The van der Waals surface area contributed by atoms with Gasteiger partial charge >= 0.3 is 0 Å². The minimum Gasteiger partial charge on any atom is -0.330 e. The van der Waals surface area contributed by atoms with E-state index in [0.29, 0.717) is 5.92 Å². The van der Waals surface area contributed by atoms with Crippen molar-refractivity contribution in [2.75, 3.05) is 0 Å². The van der Waals surface area contributed by atoms with Gasteiger partial charge in [0.05, 0.1) is 11.2 Å². The molecular formula is C27H24IN3. The van der Waals surface area contributed by atoms with E-state index in [9.17, 15) is 0 Å². The topological polar surface area (TPSA) is 29.6 Å². The molecule has 0 radical (unpaired) electrons. The number of rotatable bonds is 2. The van der Waals surface area contributed by atoms with E-state index >= 15 is 0 Å². The van der Waals surface area contributed by atoms with Gasteiger partial charge < -0.3 is 4.57 Å². The number of aliphatic imine (C=N–C) groups is 1. The highest BCUT2D eigenvalue weighted by Gasteiger charge is 2.38. The van der Waals surface area contributed by atoms with Gasteiger partial charge in [0.25, 0.3) is 0 Å². The molecular weight excluding hydrogens is 493 g/mol. The molecule has 0 bridgehead atoms. The summed E-state index contributed by atoms with van der Waals surface area (Å²) in [7, 11) is 0. The average Bonchev–Trinajstić information content (AvgIpc) is 3.24. The molecule has 0 N–H and O–H groups in total. The van der Waals surface area contributed by atoms with E-state index < -0.39 is 0 Å². The van der Waals surface area contributed by atoms with E-state index in [1.807, 2.05) is 12.4 Å². The van der Waals surface area contributed by atoms with Crippen molar-refractivity contribution in [1.29, 1.82) is 0 Å². The van der Waals surface area contributed by atoms with E-state index in [-0.39, 0.29) is 26.5 Å². The lowest BCUT2D eigenvalue weighted by molar-refractivity contribution is 0.475. The van der Waals surface area contributed by atoms with Crippen LogP contribution in [0.15, 0.2) is 62.9 Å². The SMILES string of the molecule is Cc1c2n(c3ccc(C4C=NC=CC4)cc13)C(C)(C)c1cc(C3=CC=IN=C3)ccc1-2. The molecule has 6 rings (SSSR count). The molecule has 1 aromatic heterocycles. The van der Waals surface area contributed by atoms with Crippen LogP contribution in [0.25, 0.3) is 27.7 Å². The largest absolute Gasteiger partial charge is 0.330 e. The molecule has 31 heavy (non-hydrogen) atoms. The van der Waals surface area contributed by atoms with E-state index in [4.69, 9.17) is 0 Å². The van der Waals surface area contributed by atoms with Crippen LogP contribution in [0.1, 0.15) is 48.4 Å². The first-order valence-corrected chi connectivity index (χ1v) is 13.0. The van der Waals surface area contributed by atoms with Gasteiger partial charge in [0.2, 0.25) is 0 Å². The second kappa shape index (κ2) is 6.95. The van der Waals surface area contributed by atoms with Crippen LogP contribution in [0.3, 0.4) is 0 Å². The minimum absolute atomic E-state index is 0.104. The number of nitrogens with zero attached hydrogens (tertiary/aromatic N) is 3. The molecule has 4 heterocycles. The Bertz CT molecular complexity index is 1400. The zero-order chi connectivity index (χ0) is 21.2. The van der Waals surface area contributed by atoms with Crippen LogP contribution < -0.4 is 0 Å². The zero-order valence-corrected chi connectivity index (χ0v) is 20.1. The fourth-order valence-corrected chi connectivity index (χ4v) is 6.48. The summed E-state index contributed by atoms with van der Waals surface area (Å²) in [5.41, 5.74) is 10.5. The maximum atomic E-state index is 4.54. The van der Waals surface area contributed by atoms with Crippen LogP contribution in [0.5, 0.6) is 0 Å². The predicted molar refractivity (Wildman–Crippen MR) is 142 cm³/mol. The van der Waals surface area contributed by atoms with Gasteiger partial charge in [-0.25, -0.2) is 3.21 Å². The number of aryl methyl sites for hydroxylation is 1. The first-order chi connectivity index (χ1) is 15.1. The average molecular weight is 517 g/mol. The lowest BCUT2D eigenvalue weighted by Gasteiger charge is -2.25. The van der Waals surface area contributed by atoms with Gasteiger partial charge in [-0.1, -0.05) is 24.3 Å². The van der Waals surface area contributed by atoms with Crippen LogP contribution in [0, 0.1) is 6.92 Å². The van der Waals surface area contributed by atoms with Gasteiger partial charge in [0.15, 0.2) is 0 Å². The lowest BCUT2D eigenvalue weighted by atomic mass is 9.88. The number of fused-ring (bicyclic) bond motifs is 5. The number of allylic oxidation sites excluding steroid dienone is 3. The van der Waals surface area contributed by atoms with Crippen LogP contribution in [-0.4, -0.2) is 21.0 Å². The van der Waals surface area contributed by atoms with Gasteiger partial charge in [0.1, 0.15) is 0 Å². The zero-order valence-electron chi connectivity index (χ0n) is 17.9. The standard InChI is InChI=1S/C27H24IN3/c1-17-23-13-18(20-5-4-12-29-15-20)7-9-25(23)31-26(17)22-8-6-19(14-24(22)27(31,2)3)21-10-11-28-30-16-21/h4,6-16,20H,5H2,1-3H3. The molecule has 3 aromatic rings. The van der Waals surface area contributed by atoms with Crippen molar-refractivity contribution in [3.05, 3.63) is 77.0 Å². The number of hydrogen-bond acceptors (Lipinski definition) is 2. The Hall–Kier alpha value is -2.60. The first-order valence-electron chi connectivity index (χ1n) is 10.7. The van der Waals surface area contributed by atoms with Gasteiger partial charge in [-0.2, -0.15) is 0 Å². The molecule has 3 aliphatic heterocycles. The third-order valence-corrected chi connectivity index (χ3v) is 8.17. The third-order valence-electron chi connectivity index (χ3n) is 6.89. The van der Waals surface area contributed by atoms with Gasteiger partial charge in [-0.15, -0.1) is 0 Å². The monoisotopic (exact) mass is 517 g/mol. The van der Waals surface area contributed by atoms with Gasteiger partial charge in [-0.05, 0) is 77.7 Å². The molecule has 2 aromatic carbocycles. The molecule has 4 heteroatoms. The van der Waals surface area contributed by atoms with Crippen molar-refractivity contribution in [1.82, 2.24) is 4.57 Å². The Morgan fingerprint density at radius 3 is 2.81 bits per heavy atom. The van der Waals surface area contributed by atoms with Crippen molar-refractivity contribution < 1.29 is 0 Å². The molecule has 3 aliphatic rings. The van der Waals surface area contributed by atoms with E-state index in [2.05, 4.69) is 92.3 Å². The van der Waals surface area contributed by atoms with Crippen molar-refractivity contribution in [2.45, 2.75) is 38.6 Å². The maximum absolute atomic E-state index is 4.54. The Morgan fingerprint density at radius 1 is 1.13 bits per heavy atom. The third kappa shape index (κ3) is 2.80. The summed E-state index contributed by atoms with van der Waals surface area (Å²) in [6, 6.07) is 13.9. The number of halogens is 1. The smallest absolute Gasteiger partial charge is 0.0653 e. The Balaban J connectivity index is 1.52. The molecule has 0 spiro atoms. The van der Waals surface area contributed by atoms with Crippen LogP contribution >= 0.6 is 21.0 Å². The minimum atomic E-state index is -0.141. The Kier molecular flexibility index (Phi) is 4.29. The lowest BCUT2D eigenvalue weighted by Crippen LogP contribution is -2.23. The van der Waals surface area contributed by atoms with E-state index in [0.717, 1.165) is 6.42 Å². The fraction of sp³-hybridized carbons (Fsp3) is 0.222. The highest BCUT2D eigenvalue weighted by atomic mass is 127. The molecule has 1 atom stereocenters. The molecule has 0 saturated heterocycles. The highest BCUT2D eigenvalue weighted by Crippen LogP contribution is 2.50. The van der Waals surface area contributed by atoms with Crippen molar-refractivity contribution in [3.8, 4) is 11.3 Å². The molecule has 154 valence electrons. The first kappa shape index (κ1) is 19.1. The summed E-state index contributed by atoms with van der Waals surface area (Å²) >= 11 is -0.141. The van der Waals surface area contributed by atoms with Crippen molar-refractivity contribution in [2.24, 2.45) is 8.20 Å². The van der Waals surface area contributed by atoms with Crippen molar-refractivity contribution in [3.63, 3.8) is 0 Å². The van der Waals surface area contributed by atoms with Crippen LogP contribution in [0.2, 0.25) is 0 Å². The number of aromatic nitrogens is 1. The second-order valence-corrected chi connectivity index (χ2v) is 10.8. The fourth-order valence-electron chi connectivity index (χ4n) is 5.28. The second-order valence-electron chi connectivity index (χ2n) is 9.00. The Morgan fingerprint density at radius 2 is 2.03 bits per heavy atom. The van der Waals surface area contributed by atoms with E-state index in [1.54, 1.807) is 0 Å². The van der Waals surface area contributed by atoms with Gasteiger partial charge in [0, 0.05) is 67.6 Å². The predicted octanol–water partition coefficient (Wildman–Crippen LogP) is 6.94. The summed E-state index contributed by atoms with van der Waals surface area (Å²) in [5.74, 6) is 0.371. The normalized spacial score (nSPS) is 20.5. The summed E-state index contributed by atoms with van der Waals surface area (Å²) < 4.78 is 9.32. The van der Waals surface area contributed by atoms with Crippen molar-refractivity contribution >= 4 is 53.9 Å². The Labute approximate surface area is 193 Å². The summed E-state index contributed by atoms with van der Waals surface area (Å²) in [4.78, 5) is 4.36. The summed E-state index contributed by atoms with van der Waals surface area (Å²) in [6.45, 7) is 6.97. The maximum Gasteiger partial charge on any atom is 0.0653 e. The number of benzene rings is 2. The molecule has 3 nitrogen and oxygen atoms in total.